The van der Waals surface area contributed by atoms with Gasteiger partial charge in [-0.15, -0.1) is 0 Å². The van der Waals surface area contributed by atoms with Crippen LogP contribution in [0.15, 0.2) is 29.5 Å². The molecule has 1 saturated heterocycles. The zero-order chi connectivity index (χ0) is 24.0. The van der Waals surface area contributed by atoms with Gasteiger partial charge in [0.05, 0.1) is 5.69 Å². The third kappa shape index (κ3) is 4.57. The Morgan fingerprint density at radius 1 is 1.21 bits per heavy atom. The maximum absolute atomic E-state index is 13.9. The number of hydrogen-bond acceptors (Lipinski definition) is 5. The third-order valence-corrected chi connectivity index (χ3v) is 7.30. The Hall–Kier alpha value is -2.48. The number of halogens is 1. The second-order valence-corrected chi connectivity index (χ2v) is 10.9. The molecule has 8 heteroatoms. The van der Waals surface area contributed by atoms with Gasteiger partial charge in [0.1, 0.15) is 12.3 Å². The second kappa shape index (κ2) is 8.95. The highest BCUT2D eigenvalue weighted by atomic mass is 19.1. The predicted molar refractivity (Wildman–Crippen MR) is 126 cm³/mol. The number of aromatic nitrogens is 2. The summed E-state index contributed by atoms with van der Waals surface area (Å²) in [7, 11) is 0. The molecule has 1 aliphatic heterocycles. The molecule has 2 unspecified atom stereocenters. The van der Waals surface area contributed by atoms with E-state index in [0.29, 0.717) is 13.0 Å². The van der Waals surface area contributed by atoms with Crippen LogP contribution in [0.25, 0.3) is 0 Å². The highest BCUT2D eigenvalue weighted by Crippen LogP contribution is 2.38. The van der Waals surface area contributed by atoms with Crippen LogP contribution in [0.3, 0.4) is 0 Å². The Morgan fingerprint density at radius 2 is 2.00 bits per heavy atom. The van der Waals surface area contributed by atoms with Crippen LogP contribution >= 0.6 is 0 Å². The third-order valence-electron chi connectivity index (χ3n) is 7.30. The number of amides is 1. The van der Waals surface area contributed by atoms with Crippen molar-refractivity contribution in [1.29, 1.82) is 0 Å². The molecule has 1 saturated carbocycles. The van der Waals surface area contributed by atoms with E-state index in [4.69, 9.17) is 4.74 Å². The molecular weight excluding hydrogens is 435 g/mol. The lowest BCUT2D eigenvalue weighted by atomic mass is 9.89. The number of likely N-dealkylation sites (tertiary alicyclic amines) is 1. The number of rotatable bonds is 5. The van der Waals surface area contributed by atoms with Crippen LogP contribution in [0, 0.1) is 0 Å². The molecule has 5 rings (SSSR count). The van der Waals surface area contributed by atoms with Gasteiger partial charge < -0.3 is 9.64 Å². The first-order valence-electron chi connectivity index (χ1n) is 12.6. The van der Waals surface area contributed by atoms with Gasteiger partial charge in [-0.1, -0.05) is 12.2 Å². The van der Waals surface area contributed by atoms with Gasteiger partial charge in [-0.3, -0.25) is 9.69 Å². The summed E-state index contributed by atoms with van der Waals surface area (Å²) < 4.78 is 19.8. The Kier molecular flexibility index (Phi) is 6.12. The first-order chi connectivity index (χ1) is 16.2. The van der Waals surface area contributed by atoms with Crippen LogP contribution in [-0.4, -0.2) is 75.1 Å². The molecule has 1 amide bonds. The van der Waals surface area contributed by atoms with Gasteiger partial charge >= 0.3 is 6.09 Å². The average Bonchev–Trinajstić information content (AvgIpc) is 3.37. The van der Waals surface area contributed by atoms with Crippen molar-refractivity contribution >= 4 is 12.0 Å². The SMILES string of the molecule is CC(C)(C)OC(=O)n1cc2c(n1)CCC(N(C(=O)C1=C3CCN(CCF)C3CC=C1)C1CC1)C2. The monoisotopic (exact) mass is 470 g/mol. The quantitative estimate of drug-likeness (QED) is 0.655. The molecule has 0 spiro atoms. The van der Waals surface area contributed by atoms with Gasteiger partial charge in [0.15, 0.2) is 0 Å². The van der Waals surface area contributed by atoms with Gasteiger partial charge in [0, 0.05) is 43.0 Å². The lowest BCUT2D eigenvalue weighted by Crippen LogP contribution is -2.46. The van der Waals surface area contributed by atoms with Crippen LogP contribution in [0.5, 0.6) is 0 Å². The molecule has 7 nitrogen and oxygen atoms in total. The summed E-state index contributed by atoms with van der Waals surface area (Å²) in [4.78, 5) is 30.7. The minimum Gasteiger partial charge on any atom is -0.442 e. The fraction of sp³-hybridized carbons (Fsp3) is 0.654. The molecule has 0 aromatic carbocycles. The highest BCUT2D eigenvalue weighted by molar-refractivity contribution is 5.98. The number of aryl methyl sites for hydroxylation is 1. The van der Waals surface area contributed by atoms with E-state index >= 15 is 0 Å². The maximum Gasteiger partial charge on any atom is 0.435 e. The fourth-order valence-electron chi connectivity index (χ4n) is 5.67. The molecule has 0 bridgehead atoms. The average molecular weight is 471 g/mol. The topological polar surface area (TPSA) is 67.7 Å². The van der Waals surface area contributed by atoms with E-state index < -0.39 is 11.7 Å². The summed E-state index contributed by atoms with van der Waals surface area (Å²) in [5.41, 5.74) is 3.36. The molecule has 184 valence electrons. The van der Waals surface area contributed by atoms with E-state index in [-0.39, 0.29) is 30.7 Å². The lowest BCUT2D eigenvalue weighted by Gasteiger charge is -2.36. The Balaban J connectivity index is 1.35. The summed E-state index contributed by atoms with van der Waals surface area (Å²) >= 11 is 0. The Morgan fingerprint density at radius 3 is 2.71 bits per heavy atom. The van der Waals surface area contributed by atoms with Gasteiger partial charge in [-0.2, -0.15) is 9.78 Å². The summed E-state index contributed by atoms with van der Waals surface area (Å²) in [5, 5.41) is 4.48. The molecule has 2 heterocycles. The van der Waals surface area contributed by atoms with Crippen molar-refractivity contribution in [2.24, 2.45) is 0 Å². The van der Waals surface area contributed by atoms with Gasteiger partial charge in [0.25, 0.3) is 5.91 Å². The van der Waals surface area contributed by atoms with E-state index in [1.165, 1.54) is 10.3 Å². The largest absolute Gasteiger partial charge is 0.442 e. The van der Waals surface area contributed by atoms with Crippen molar-refractivity contribution in [2.75, 3.05) is 19.8 Å². The fourth-order valence-corrected chi connectivity index (χ4v) is 5.67. The lowest BCUT2D eigenvalue weighted by molar-refractivity contribution is -0.130. The molecule has 0 radical (unpaired) electrons. The van der Waals surface area contributed by atoms with E-state index in [9.17, 15) is 14.0 Å². The summed E-state index contributed by atoms with van der Waals surface area (Å²) in [6.45, 7) is 6.41. The van der Waals surface area contributed by atoms with Crippen molar-refractivity contribution in [3.8, 4) is 0 Å². The normalized spacial score (nSPS) is 24.7. The number of alkyl halides is 1. The predicted octanol–water partition coefficient (Wildman–Crippen LogP) is 3.81. The van der Waals surface area contributed by atoms with Crippen molar-refractivity contribution in [1.82, 2.24) is 19.6 Å². The summed E-state index contributed by atoms with van der Waals surface area (Å²) in [6, 6.07) is 0.532. The first-order valence-corrected chi connectivity index (χ1v) is 12.6. The molecule has 1 aromatic heterocycles. The van der Waals surface area contributed by atoms with E-state index in [1.807, 2.05) is 26.8 Å². The number of hydrogen-bond donors (Lipinski definition) is 0. The Labute approximate surface area is 200 Å². The van der Waals surface area contributed by atoms with Crippen molar-refractivity contribution < 1.29 is 18.7 Å². The minimum atomic E-state index is -0.582. The van der Waals surface area contributed by atoms with Crippen LogP contribution in [-0.2, 0) is 22.4 Å². The number of carbonyl (C=O) groups excluding carboxylic acids is 2. The number of nitrogens with zero attached hydrogens (tertiary/aromatic N) is 4. The molecule has 0 N–H and O–H groups in total. The smallest absolute Gasteiger partial charge is 0.435 e. The van der Waals surface area contributed by atoms with Gasteiger partial charge in [-0.05, 0) is 76.9 Å². The van der Waals surface area contributed by atoms with Gasteiger partial charge in [0.2, 0.25) is 0 Å². The van der Waals surface area contributed by atoms with E-state index in [1.54, 1.807) is 6.20 Å². The standard InChI is InChI=1S/C26H35FN4O3/c1-26(2,3)34-25(33)30-16-17-15-19(9-10-22(17)28-30)31(18-7-8-18)24(32)21-5-4-6-23-20(21)11-13-29(23)14-12-27/h4-5,16,18-19,23H,6-15H2,1-3H3. The number of carbonyl (C=O) groups is 2. The summed E-state index contributed by atoms with van der Waals surface area (Å²) in [6.07, 6.45) is 11.4. The van der Waals surface area contributed by atoms with Crippen LogP contribution in [0.2, 0.25) is 0 Å². The molecule has 1 aromatic rings. The zero-order valence-electron chi connectivity index (χ0n) is 20.4. The summed E-state index contributed by atoms with van der Waals surface area (Å²) in [5.74, 6) is 0.119. The highest BCUT2D eigenvalue weighted by Gasteiger charge is 2.42. The second-order valence-electron chi connectivity index (χ2n) is 10.9. The van der Waals surface area contributed by atoms with Crippen molar-refractivity contribution in [3.05, 3.63) is 40.8 Å². The van der Waals surface area contributed by atoms with Crippen LogP contribution < -0.4 is 0 Å². The van der Waals surface area contributed by atoms with E-state index in [0.717, 1.165) is 61.9 Å². The number of fused-ring (bicyclic) bond motifs is 2. The molecule has 4 aliphatic rings. The van der Waals surface area contributed by atoms with Crippen molar-refractivity contribution in [2.45, 2.75) is 89.4 Å². The van der Waals surface area contributed by atoms with Gasteiger partial charge in [-0.25, -0.2) is 9.18 Å². The maximum atomic E-state index is 13.9. The molecule has 3 aliphatic carbocycles. The Bertz CT molecular complexity index is 1030. The minimum absolute atomic E-state index is 0.0917. The molecule has 2 atom stereocenters. The molecule has 2 fully saturated rings. The van der Waals surface area contributed by atoms with Crippen molar-refractivity contribution in [3.63, 3.8) is 0 Å². The molecule has 34 heavy (non-hydrogen) atoms. The van der Waals surface area contributed by atoms with E-state index in [2.05, 4.69) is 21.0 Å². The number of ether oxygens (including phenoxy) is 1. The zero-order valence-corrected chi connectivity index (χ0v) is 20.4. The molecular formula is C26H35FN4O3. The first kappa shape index (κ1) is 23.3. The van der Waals surface area contributed by atoms with Crippen LogP contribution in [0.4, 0.5) is 9.18 Å². The van der Waals surface area contributed by atoms with Crippen LogP contribution in [0.1, 0.15) is 64.1 Å².